The van der Waals surface area contributed by atoms with Crippen LogP contribution >= 0.6 is 0 Å². The van der Waals surface area contributed by atoms with Crippen molar-refractivity contribution in [1.29, 1.82) is 0 Å². The minimum atomic E-state index is -0.179. The van der Waals surface area contributed by atoms with Crippen molar-refractivity contribution in [2.75, 3.05) is 25.6 Å². The number of methoxy groups -OCH3 is 1. The smallest absolute Gasteiger partial charge is 0.248 e. The second kappa shape index (κ2) is 9.64. The van der Waals surface area contributed by atoms with E-state index in [1.807, 2.05) is 30.3 Å². The number of benzene rings is 2. The van der Waals surface area contributed by atoms with Gasteiger partial charge in [0.2, 0.25) is 5.91 Å². The van der Waals surface area contributed by atoms with Gasteiger partial charge in [0.25, 0.3) is 0 Å². The van der Waals surface area contributed by atoms with Gasteiger partial charge < -0.3 is 14.8 Å². The highest BCUT2D eigenvalue weighted by Crippen LogP contribution is 2.18. The minimum absolute atomic E-state index is 0.179. The van der Waals surface area contributed by atoms with Crippen LogP contribution in [0.2, 0.25) is 0 Å². The third-order valence-electron chi connectivity index (χ3n) is 3.69. The van der Waals surface area contributed by atoms with Gasteiger partial charge in [0.1, 0.15) is 12.4 Å². The number of hydrogen-bond donors (Lipinski definition) is 1. The molecular weight excluding hydrogens is 314 g/mol. The molecule has 0 radical (unpaired) electrons. The molecule has 0 spiro atoms. The number of nitrogens with one attached hydrogen (secondary N) is 1. The number of amides is 1. The van der Waals surface area contributed by atoms with Crippen molar-refractivity contribution in [2.24, 2.45) is 0 Å². The fourth-order valence-electron chi connectivity index (χ4n) is 2.25. The first kappa shape index (κ1) is 18.7. The SMILES string of the molecule is COCCOc1cccc(NC(=O)/C=C/c2ccc(C(C)C)cc2)c1. The molecule has 132 valence electrons. The number of carbonyl (C=O) groups excluding carboxylic acids is 1. The molecule has 0 aromatic heterocycles. The van der Waals surface area contributed by atoms with Gasteiger partial charge in [0.05, 0.1) is 6.61 Å². The third kappa shape index (κ3) is 6.43. The summed E-state index contributed by atoms with van der Waals surface area (Å²) in [5.41, 5.74) is 2.97. The zero-order chi connectivity index (χ0) is 18.1. The van der Waals surface area contributed by atoms with Crippen LogP contribution in [-0.4, -0.2) is 26.2 Å². The Kier molecular flexibility index (Phi) is 7.23. The summed E-state index contributed by atoms with van der Waals surface area (Å²) in [5, 5.41) is 2.84. The zero-order valence-electron chi connectivity index (χ0n) is 15.0. The van der Waals surface area contributed by atoms with Crippen LogP contribution in [-0.2, 0) is 9.53 Å². The number of ether oxygens (including phenoxy) is 2. The predicted octanol–water partition coefficient (Wildman–Crippen LogP) is 4.49. The van der Waals surface area contributed by atoms with E-state index >= 15 is 0 Å². The molecule has 0 saturated carbocycles. The second-order valence-electron chi connectivity index (χ2n) is 6.01. The quantitative estimate of drug-likeness (QED) is 0.569. The average molecular weight is 339 g/mol. The standard InChI is InChI=1S/C21H25NO3/c1-16(2)18-10-7-17(8-11-18)9-12-21(23)22-19-5-4-6-20(15-19)25-14-13-24-3/h4-12,15-16H,13-14H2,1-3H3,(H,22,23)/b12-9+. The molecule has 0 unspecified atom stereocenters. The number of carbonyl (C=O) groups is 1. The minimum Gasteiger partial charge on any atom is -0.491 e. The molecule has 0 aliphatic heterocycles. The number of rotatable bonds is 8. The maximum atomic E-state index is 12.1. The Hall–Kier alpha value is -2.59. The summed E-state index contributed by atoms with van der Waals surface area (Å²) in [4.78, 5) is 12.1. The predicted molar refractivity (Wildman–Crippen MR) is 102 cm³/mol. The van der Waals surface area contributed by atoms with E-state index in [0.717, 1.165) is 5.56 Å². The summed E-state index contributed by atoms with van der Waals surface area (Å²) in [6, 6.07) is 15.5. The summed E-state index contributed by atoms with van der Waals surface area (Å²) in [6.45, 7) is 5.31. The number of hydrogen-bond acceptors (Lipinski definition) is 3. The van der Waals surface area contributed by atoms with Crippen molar-refractivity contribution < 1.29 is 14.3 Å². The summed E-state index contributed by atoms with van der Waals surface area (Å²) < 4.78 is 10.5. The summed E-state index contributed by atoms with van der Waals surface area (Å²) in [6.07, 6.45) is 3.33. The molecule has 2 aromatic carbocycles. The molecule has 2 aromatic rings. The van der Waals surface area contributed by atoms with Crippen LogP contribution in [0.1, 0.15) is 30.9 Å². The molecule has 0 atom stereocenters. The van der Waals surface area contributed by atoms with Crippen molar-refractivity contribution in [3.8, 4) is 5.75 Å². The van der Waals surface area contributed by atoms with Gasteiger partial charge in [-0.15, -0.1) is 0 Å². The van der Waals surface area contributed by atoms with Crippen LogP contribution in [0.5, 0.6) is 5.75 Å². The van der Waals surface area contributed by atoms with Gasteiger partial charge >= 0.3 is 0 Å². The summed E-state index contributed by atoms with van der Waals surface area (Å²) >= 11 is 0. The molecule has 1 amide bonds. The first-order valence-electron chi connectivity index (χ1n) is 8.39. The van der Waals surface area contributed by atoms with Gasteiger partial charge in [-0.2, -0.15) is 0 Å². The first-order valence-corrected chi connectivity index (χ1v) is 8.39. The Balaban J connectivity index is 1.92. The average Bonchev–Trinajstić information content (AvgIpc) is 2.61. The lowest BCUT2D eigenvalue weighted by molar-refractivity contribution is -0.111. The molecule has 0 heterocycles. The van der Waals surface area contributed by atoms with E-state index in [-0.39, 0.29) is 5.91 Å². The highest BCUT2D eigenvalue weighted by Gasteiger charge is 2.01. The topological polar surface area (TPSA) is 47.6 Å². The molecule has 0 saturated heterocycles. The Morgan fingerprint density at radius 1 is 1.12 bits per heavy atom. The van der Waals surface area contributed by atoms with Crippen LogP contribution in [0.4, 0.5) is 5.69 Å². The Labute approximate surface area is 149 Å². The molecule has 4 nitrogen and oxygen atoms in total. The molecule has 2 rings (SSSR count). The van der Waals surface area contributed by atoms with Crippen molar-refractivity contribution in [3.63, 3.8) is 0 Å². The number of anilines is 1. The third-order valence-corrected chi connectivity index (χ3v) is 3.69. The van der Waals surface area contributed by atoms with Crippen LogP contribution in [0.15, 0.2) is 54.6 Å². The molecular formula is C21H25NO3. The van der Waals surface area contributed by atoms with Gasteiger partial charge in [-0.05, 0) is 35.3 Å². The van der Waals surface area contributed by atoms with E-state index in [4.69, 9.17) is 9.47 Å². The highest BCUT2D eigenvalue weighted by atomic mass is 16.5. The van der Waals surface area contributed by atoms with E-state index in [0.29, 0.717) is 30.6 Å². The normalized spacial score (nSPS) is 11.0. The fraction of sp³-hybridized carbons (Fsp3) is 0.286. The van der Waals surface area contributed by atoms with E-state index in [1.54, 1.807) is 19.3 Å². The van der Waals surface area contributed by atoms with Crippen LogP contribution in [0.25, 0.3) is 6.08 Å². The maximum absolute atomic E-state index is 12.1. The van der Waals surface area contributed by atoms with E-state index < -0.39 is 0 Å². The van der Waals surface area contributed by atoms with Gasteiger partial charge in [-0.25, -0.2) is 0 Å². The van der Waals surface area contributed by atoms with Gasteiger partial charge in [-0.3, -0.25) is 4.79 Å². The lowest BCUT2D eigenvalue weighted by atomic mass is 10.0. The second-order valence-corrected chi connectivity index (χ2v) is 6.01. The monoisotopic (exact) mass is 339 g/mol. The van der Waals surface area contributed by atoms with Crippen molar-refractivity contribution in [1.82, 2.24) is 0 Å². The largest absolute Gasteiger partial charge is 0.491 e. The molecule has 0 fully saturated rings. The molecule has 0 bridgehead atoms. The van der Waals surface area contributed by atoms with Crippen LogP contribution < -0.4 is 10.1 Å². The molecule has 1 N–H and O–H groups in total. The van der Waals surface area contributed by atoms with Gasteiger partial charge in [0.15, 0.2) is 0 Å². The van der Waals surface area contributed by atoms with E-state index in [1.165, 1.54) is 11.6 Å². The maximum Gasteiger partial charge on any atom is 0.248 e. The van der Waals surface area contributed by atoms with Crippen LogP contribution in [0, 0.1) is 0 Å². The molecule has 25 heavy (non-hydrogen) atoms. The van der Waals surface area contributed by atoms with Crippen LogP contribution in [0.3, 0.4) is 0 Å². The Morgan fingerprint density at radius 2 is 1.88 bits per heavy atom. The fourth-order valence-corrected chi connectivity index (χ4v) is 2.25. The van der Waals surface area contributed by atoms with Gasteiger partial charge in [0, 0.05) is 24.9 Å². The summed E-state index contributed by atoms with van der Waals surface area (Å²) in [5.74, 6) is 1.02. The lowest BCUT2D eigenvalue weighted by Crippen LogP contribution is -2.08. The van der Waals surface area contributed by atoms with Crippen molar-refractivity contribution >= 4 is 17.7 Å². The Bertz CT molecular complexity index is 705. The van der Waals surface area contributed by atoms with E-state index in [2.05, 4.69) is 31.3 Å². The first-order chi connectivity index (χ1) is 12.1. The lowest BCUT2D eigenvalue weighted by Gasteiger charge is -2.08. The zero-order valence-corrected chi connectivity index (χ0v) is 15.0. The Morgan fingerprint density at radius 3 is 2.56 bits per heavy atom. The van der Waals surface area contributed by atoms with Crippen molar-refractivity contribution in [3.05, 3.63) is 65.7 Å². The van der Waals surface area contributed by atoms with Gasteiger partial charge in [-0.1, -0.05) is 44.2 Å². The molecule has 4 heteroatoms. The highest BCUT2D eigenvalue weighted by molar-refractivity contribution is 6.02. The molecule has 0 aliphatic rings. The van der Waals surface area contributed by atoms with E-state index in [9.17, 15) is 4.79 Å². The summed E-state index contributed by atoms with van der Waals surface area (Å²) in [7, 11) is 1.63. The molecule has 0 aliphatic carbocycles. The van der Waals surface area contributed by atoms with Crippen molar-refractivity contribution in [2.45, 2.75) is 19.8 Å².